The predicted octanol–water partition coefficient (Wildman–Crippen LogP) is 2.34. The van der Waals surface area contributed by atoms with Gasteiger partial charge < -0.3 is 5.11 Å². The largest absolute Gasteiger partial charge is 0.480 e. The van der Waals surface area contributed by atoms with Crippen molar-refractivity contribution in [1.29, 1.82) is 0 Å². The van der Waals surface area contributed by atoms with Crippen LogP contribution < -0.4 is 0 Å². The second-order valence-corrected chi connectivity index (χ2v) is 3.02. The van der Waals surface area contributed by atoms with Gasteiger partial charge in [0.25, 0.3) is 0 Å². The highest BCUT2D eigenvalue weighted by Gasteiger charge is 2.13. The van der Waals surface area contributed by atoms with E-state index in [0.29, 0.717) is 6.42 Å². The van der Waals surface area contributed by atoms with Crippen LogP contribution in [0.3, 0.4) is 0 Å². The number of aliphatic carboxylic acids is 1. The van der Waals surface area contributed by atoms with E-state index in [1.54, 1.807) is 0 Å². The van der Waals surface area contributed by atoms with E-state index in [1.165, 1.54) is 0 Å². The molecule has 0 aliphatic heterocycles. The number of carboxylic acid groups (broad SMARTS) is 1. The Labute approximate surface area is 87.9 Å². The number of carbonyl (C=O) groups is 1. The Morgan fingerprint density at radius 1 is 1.38 bits per heavy atom. The first-order valence-electron chi connectivity index (χ1n) is 3.61. The summed E-state index contributed by atoms with van der Waals surface area (Å²) < 4.78 is 0. The zero-order valence-electron chi connectivity index (χ0n) is 6.81. The molecule has 0 bridgehead atoms. The second-order valence-electron chi connectivity index (χ2n) is 2.50. The summed E-state index contributed by atoms with van der Waals surface area (Å²) in [6.45, 7) is 0. The lowest BCUT2D eigenvalue weighted by atomic mass is 10.1. The average molecular weight is 221 g/mol. The summed E-state index contributed by atoms with van der Waals surface area (Å²) in [5.41, 5.74) is 0.944. The number of carboxylic acids is 1. The number of halogens is 2. The summed E-state index contributed by atoms with van der Waals surface area (Å²) in [6, 6.07) is 9.33. The normalized spacial score (nSPS) is 11.5. The summed E-state index contributed by atoms with van der Waals surface area (Å²) in [5.74, 6) is -0.972. The fraction of sp³-hybridized carbons (Fsp3) is 0.222. The van der Waals surface area contributed by atoms with E-state index in [2.05, 4.69) is 0 Å². The third-order valence-corrected chi connectivity index (χ3v) is 1.87. The molecule has 0 aromatic heterocycles. The first-order chi connectivity index (χ1) is 5.70. The highest BCUT2D eigenvalue weighted by Crippen LogP contribution is 2.07. The van der Waals surface area contributed by atoms with E-state index >= 15 is 0 Å². The number of benzene rings is 1. The Kier molecular flexibility index (Phi) is 5.51. The van der Waals surface area contributed by atoms with Crippen LogP contribution in [0.2, 0.25) is 0 Å². The van der Waals surface area contributed by atoms with Gasteiger partial charge in [0.1, 0.15) is 5.38 Å². The summed E-state index contributed by atoms with van der Waals surface area (Å²) in [4.78, 5) is 10.4. The molecule has 1 aromatic carbocycles. The molecule has 0 heterocycles. The fourth-order valence-corrected chi connectivity index (χ4v) is 1.09. The van der Waals surface area contributed by atoms with Gasteiger partial charge in [-0.2, -0.15) is 0 Å². The first-order valence-corrected chi connectivity index (χ1v) is 4.04. The number of rotatable bonds is 3. The van der Waals surface area contributed by atoms with Crippen LogP contribution in [-0.2, 0) is 11.2 Å². The summed E-state index contributed by atoms with van der Waals surface area (Å²) in [5, 5.41) is 7.68. The van der Waals surface area contributed by atoms with Crippen molar-refractivity contribution in [2.75, 3.05) is 0 Å². The molecule has 0 spiro atoms. The Balaban J connectivity index is 0.00000144. The van der Waals surface area contributed by atoms with Gasteiger partial charge in [-0.3, -0.25) is 4.79 Å². The molecular formula is C9H10Cl2O2. The van der Waals surface area contributed by atoms with Crippen molar-refractivity contribution < 1.29 is 9.90 Å². The molecule has 0 radical (unpaired) electrons. The maximum Gasteiger partial charge on any atom is 0.321 e. The molecule has 0 fully saturated rings. The van der Waals surface area contributed by atoms with Crippen LogP contribution in [-0.4, -0.2) is 16.5 Å². The van der Waals surface area contributed by atoms with Crippen LogP contribution in [0.15, 0.2) is 30.3 Å². The SMILES string of the molecule is Cl.O=C(O)[C@H](Cl)Cc1ccccc1. The van der Waals surface area contributed by atoms with Crippen LogP contribution in [0, 0.1) is 0 Å². The van der Waals surface area contributed by atoms with E-state index in [0.717, 1.165) is 5.56 Å². The molecule has 72 valence electrons. The van der Waals surface area contributed by atoms with Crippen LogP contribution in [0.1, 0.15) is 5.56 Å². The zero-order valence-corrected chi connectivity index (χ0v) is 8.39. The monoisotopic (exact) mass is 220 g/mol. The average Bonchev–Trinajstić information content (AvgIpc) is 2.06. The van der Waals surface area contributed by atoms with Gasteiger partial charge in [0, 0.05) is 0 Å². The van der Waals surface area contributed by atoms with E-state index in [1.807, 2.05) is 30.3 Å². The predicted molar refractivity (Wildman–Crippen MR) is 54.7 cm³/mol. The maximum absolute atomic E-state index is 10.4. The third-order valence-electron chi connectivity index (χ3n) is 1.53. The van der Waals surface area contributed by atoms with E-state index in [-0.39, 0.29) is 12.4 Å². The molecule has 0 saturated carbocycles. The third kappa shape index (κ3) is 4.15. The Morgan fingerprint density at radius 3 is 2.38 bits per heavy atom. The highest BCUT2D eigenvalue weighted by molar-refractivity contribution is 6.29. The van der Waals surface area contributed by atoms with E-state index in [4.69, 9.17) is 16.7 Å². The molecule has 0 aliphatic rings. The van der Waals surface area contributed by atoms with Gasteiger partial charge in [-0.15, -0.1) is 24.0 Å². The van der Waals surface area contributed by atoms with Crippen LogP contribution in [0.25, 0.3) is 0 Å². The molecule has 0 saturated heterocycles. The Hall–Kier alpha value is -0.730. The molecule has 13 heavy (non-hydrogen) atoms. The van der Waals surface area contributed by atoms with Crippen molar-refractivity contribution in [3.63, 3.8) is 0 Å². The highest BCUT2D eigenvalue weighted by atomic mass is 35.5. The van der Waals surface area contributed by atoms with Crippen LogP contribution in [0.4, 0.5) is 0 Å². The zero-order chi connectivity index (χ0) is 8.97. The van der Waals surface area contributed by atoms with Crippen molar-refractivity contribution in [2.45, 2.75) is 11.8 Å². The second kappa shape index (κ2) is 5.84. The summed E-state index contributed by atoms with van der Waals surface area (Å²) >= 11 is 5.55. The van der Waals surface area contributed by atoms with Crippen molar-refractivity contribution in [3.8, 4) is 0 Å². The van der Waals surface area contributed by atoms with E-state index in [9.17, 15) is 4.79 Å². The smallest absolute Gasteiger partial charge is 0.321 e. The quantitative estimate of drug-likeness (QED) is 0.795. The fourth-order valence-electron chi connectivity index (χ4n) is 0.908. The topological polar surface area (TPSA) is 37.3 Å². The lowest BCUT2D eigenvalue weighted by Crippen LogP contribution is -2.15. The lowest BCUT2D eigenvalue weighted by molar-refractivity contribution is -0.136. The van der Waals surface area contributed by atoms with Gasteiger partial charge in [-0.05, 0) is 12.0 Å². The minimum Gasteiger partial charge on any atom is -0.480 e. The molecule has 1 atom stereocenters. The minimum atomic E-state index is -0.972. The minimum absolute atomic E-state index is 0. The standard InChI is InChI=1S/C9H9ClO2.ClH/c10-8(9(11)12)6-7-4-2-1-3-5-7;/h1-5,8H,6H2,(H,11,12);1H/t8-;/m1./s1. The maximum atomic E-state index is 10.4. The Bertz CT molecular complexity index is 262. The van der Waals surface area contributed by atoms with Gasteiger partial charge in [-0.1, -0.05) is 30.3 Å². The van der Waals surface area contributed by atoms with Crippen molar-refractivity contribution >= 4 is 30.0 Å². The van der Waals surface area contributed by atoms with Gasteiger partial charge in [0.05, 0.1) is 0 Å². The number of hydrogen-bond acceptors (Lipinski definition) is 1. The molecule has 0 unspecified atom stereocenters. The molecule has 1 aromatic rings. The lowest BCUT2D eigenvalue weighted by Gasteiger charge is -2.02. The van der Waals surface area contributed by atoms with Crippen molar-refractivity contribution in [2.24, 2.45) is 0 Å². The van der Waals surface area contributed by atoms with Gasteiger partial charge >= 0.3 is 5.97 Å². The number of alkyl halides is 1. The van der Waals surface area contributed by atoms with Gasteiger partial charge in [0.2, 0.25) is 0 Å². The summed E-state index contributed by atoms with van der Waals surface area (Å²) in [7, 11) is 0. The molecule has 0 amide bonds. The molecule has 1 N–H and O–H groups in total. The van der Waals surface area contributed by atoms with Gasteiger partial charge in [0.15, 0.2) is 0 Å². The van der Waals surface area contributed by atoms with Gasteiger partial charge in [-0.25, -0.2) is 0 Å². The molecule has 2 nitrogen and oxygen atoms in total. The molecule has 4 heteroatoms. The Morgan fingerprint density at radius 2 is 1.92 bits per heavy atom. The molecule has 0 aliphatic carbocycles. The van der Waals surface area contributed by atoms with Crippen molar-refractivity contribution in [1.82, 2.24) is 0 Å². The first kappa shape index (κ1) is 12.3. The van der Waals surface area contributed by atoms with Crippen molar-refractivity contribution in [3.05, 3.63) is 35.9 Å². The van der Waals surface area contributed by atoms with Crippen LogP contribution in [0.5, 0.6) is 0 Å². The number of hydrogen-bond donors (Lipinski definition) is 1. The summed E-state index contributed by atoms with van der Waals surface area (Å²) in [6.07, 6.45) is 0.373. The van der Waals surface area contributed by atoms with Crippen LogP contribution >= 0.6 is 24.0 Å². The van der Waals surface area contributed by atoms with E-state index < -0.39 is 11.3 Å². The molecule has 1 rings (SSSR count). The molecular weight excluding hydrogens is 211 g/mol.